The van der Waals surface area contributed by atoms with Crippen LogP contribution in [0.15, 0.2) is 59.7 Å². The van der Waals surface area contributed by atoms with Crippen molar-refractivity contribution in [2.75, 3.05) is 30.5 Å². The van der Waals surface area contributed by atoms with Gasteiger partial charge in [0.1, 0.15) is 11.7 Å². The Kier molecular flexibility index (Phi) is 5.51. The quantitative estimate of drug-likeness (QED) is 0.530. The average Bonchev–Trinajstić information content (AvgIpc) is 3.48. The van der Waals surface area contributed by atoms with Gasteiger partial charge in [-0.25, -0.2) is 4.98 Å². The van der Waals surface area contributed by atoms with Crippen molar-refractivity contribution in [2.45, 2.75) is 6.42 Å². The van der Waals surface area contributed by atoms with E-state index in [1.807, 2.05) is 30.3 Å². The van der Waals surface area contributed by atoms with Gasteiger partial charge < -0.3 is 25.4 Å². The highest BCUT2D eigenvalue weighted by Crippen LogP contribution is 2.33. The fraction of sp³-hybridized carbons (Fsp3) is 0.174. The molecule has 1 amide bonds. The molecule has 5 rings (SSSR count). The third-order valence-corrected chi connectivity index (χ3v) is 5.35. The SMILES string of the molecule is O=C(Cc1ccc2c(c1)OCO2)Nc1cc(Nc2ccccc2C2=NCCN2)c(Cl)cn1. The molecular formula is C23H20ClN5O3. The number of nitrogens with one attached hydrogen (secondary N) is 3. The van der Waals surface area contributed by atoms with E-state index in [-0.39, 0.29) is 19.1 Å². The molecule has 0 radical (unpaired) electrons. The van der Waals surface area contributed by atoms with E-state index >= 15 is 0 Å². The molecule has 0 spiro atoms. The summed E-state index contributed by atoms with van der Waals surface area (Å²) in [6.45, 7) is 1.76. The zero-order chi connectivity index (χ0) is 21.9. The number of ether oxygens (including phenoxy) is 2. The van der Waals surface area contributed by atoms with Crippen molar-refractivity contribution in [3.05, 3.63) is 70.9 Å². The first-order valence-electron chi connectivity index (χ1n) is 10.1. The van der Waals surface area contributed by atoms with Gasteiger partial charge in [0, 0.05) is 23.9 Å². The highest BCUT2D eigenvalue weighted by molar-refractivity contribution is 6.33. The maximum atomic E-state index is 12.6. The molecule has 1 aromatic heterocycles. The van der Waals surface area contributed by atoms with Crippen molar-refractivity contribution in [1.29, 1.82) is 0 Å². The molecule has 0 aliphatic carbocycles. The van der Waals surface area contributed by atoms with Gasteiger partial charge >= 0.3 is 0 Å². The third-order valence-electron chi connectivity index (χ3n) is 5.05. The molecule has 0 atom stereocenters. The fourth-order valence-electron chi connectivity index (χ4n) is 3.55. The summed E-state index contributed by atoms with van der Waals surface area (Å²) in [5, 5.41) is 9.88. The minimum absolute atomic E-state index is 0.179. The Bertz CT molecular complexity index is 1210. The van der Waals surface area contributed by atoms with Gasteiger partial charge in [-0.1, -0.05) is 29.8 Å². The first-order chi connectivity index (χ1) is 15.7. The van der Waals surface area contributed by atoms with Crippen LogP contribution in [0.25, 0.3) is 0 Å². The first kappa shape index (κ1) is 20.1. The van der Waals surface area contributed by atoms with Crippen LogP contribution in [0.4, 0.5) is 17.2 Å². The second-order valence-electron chi connectivity index (χ2n) is 7.29. The van der Waals surface area contributed by atoms with Crippen LogP contribution in [-0.2, 0) is 11.2 Å². The second kappa shape index (κ2) is 8.76. The minimum Gasteiger partial charge on any atom is -0.454 e. The summed E-state index contributed by atoms with van der Waals surface area (Å²) in [6.07, 6.45) is 1.69. The van der Waals surface area contributed by atoms with Crippen molar-refractivity contribution < 1.29 is 14.3 Å². The Hall–Kier alpha value is -3.78. The van der Waals surface area contributed by atoms with Gasteiger partial charge in [-0.15, -0.1) is 0 Å². The Morgan fingerprint density at radius 3 is 2.84 bits per heavy atom. The van der Waals surface area contributed by atoms with E-state index in [0.29, 0.717) is 28.0 Å². The summed E-state index contributed by atoms with van der Waals surface area (Å²) in [5.74, 6) is 2.37. The standard InChI is InChI=1S/C23H20ClN5O3/c24-16-12-27-21(29-22(30)10-14-5-6-19-20(9-14)32-13-31-19)11-18(16)28-17-4-2-1-3-15(17)23-25-7-8-26-23/h1-6,9,11-12H,7-8,10,13H2,(H,25,26)(H2,27,28,29,30). The number of rotatable bonds is 6. The summed E-state index contributed by atoms with van der Waals surface area (Å²) in [6, 6.07) is 15.0. The molecule has 0 saturated heterocycles. The number of hydrogen-bond acceptors (Lipinski definition) is 7. The van der Waals surface area contributed by atoms with Gasteiger partial charge in [-0.3, -0.25) is 9.79 Å². The number of hydrogen-bond donors (Lipinski definition) is 3. The molecule has 0 fully saturated rings. The number of amidine groups is 1. The lowest BCUT2D eigenvalue weighted by Gasteiger charge is -2.14. The van der Waals surface area contributed by atoms with E-state index in [9.17, 15) is 4.79 Å². The Labute approximate surface area is 189 Å². The summed E-state index contributed by atoms with van der Waals surface area (Å²) in [4.78, 5) is 21.3. The number of anilines is 3. The molecule has 2 aliphatic heterocycles. The van der Waals surface area contributed by atoms with Crippen LogP contribution in [0.5, 0.6) is 11.5 Å². The van der Waals surface area contributed by atoms with Crippen LogP contribution < -0.4 is 25.4 Å². The smallest absolute Gasteiger partial charge is 0.231 e. The summed E-state index contributed by atoms with van der Waals surface area (Å²) in [5.41, 5.74) is 3.25. The molecule has 0 saturated carbocycles. The second-order valence-corrected chi connectivity index (χ2v) is 7.70. The Morgan fingerprint density at radius 2 is 1.97 bits per heavy atom. The highest BCUT2D eigenvalue weighted by atomic mass is 35.5. The van der Waals surface area contributed by atoms with Crippen LogP contribution in [-0.4, -0.2) is 36.6 Å². The lowest BCUT2D eigenvalue weighted by molar-refractivity contribution is -0.115. The van der Waals surface area contributed by atoms with E-state index in [1.165, 1.54) is 6.20 Å². The van der Waals surface area contributed by atoms with E-state index in [1.54, 1.807) is 18.2 Å². The molecular weight excluding hydrogens is 430 g/mol. The topological polar surface area (TPSA) is 96.9 Å². The monoisotopic (exact) mass is 449 g/mol. The zero-order valence-corrected chi connectivity index (χ0v) is 17.8. The Morgan fingerprint density at radius 1 is 1.09 bits per heavy atom. The molecule has 32 heavy (non-hydrogen) atoms. The highest BCUT2D eigenvalue weighted by Gasteiger charge is 2.16. The molecule has 2 aliphatic rings. The molecule has 0 bridgehead atoms. The minimum atomic E-state index is -0.199. The molecule has 2 aromatic carbocycles. The Balaban J connectivity index is 1.31. The zero-order valence-electron chi connectivity index (χ0n) is 17.0. The van der Waals surface area contributed by atoms with Gasteiger partial charge in [-0.05, 0) is 29.8 Å². The molecule has 8 nitrogen and oxygen atoms in total. The van der Waals surface area contributed by atoms with Crippen LogP contribution in [0.2, 0.25) is 5.02 Å². The number of para-hydroxylation sites is 1. The number of fused-ring (bicyclic) bond motifs is 1. The van der Waals surface area contributed by atoms with E-state index in [0.717, 1.165) is 35.7 Å². The predicted octanol–water partition coefficient (Wildman–Crippen LogP) is 3.74. The first-order valence-corrected chi connectivity index (χ1v) is 10.5. The van der Waals surface area contributed by atoms with Crippen LogP contribution in [0.3, 0.4) is 0 Å². The normalized spacial score (nSPS) is 14.0. The van der Waals surface area contributed by atoms with Crippen molar-refractivity contribution in [1.82, 2.24) is 10.3 Å². The van der Waals surface area contributed by atoms with Crippen LogP contribution in [0.1, 0.15) is 11.1 Å². The van der Waals surface area contributed by atoms with Gasteiger partial charge in [0.05, 0.1) is 29.9 Å². The van der Waals surface area contributed by atoms with Crippen LogP contribution in [0, 0.1) is 0 Å². The van der Waals surface area contributed by atoms with Crippen molar-refractivity contribution in [3.63, 3.8) is 0 Å². The summed E-state index contributed by atoms with van der Waals surface area (Å²) >= 11 is 6.37. The maximum absolute atomic E-state index is 12.6. The average molecular weight is 450 g/mol. The number of carbonyl (C=O) groups is 1. The number of pyridine rings is 1. The molecule has 3 heterocycles. The van der Waals surface area contributed by atoms with E-state index < -0.39 is 0 Å². The summed E-state index contributed by atoms with van der Waals surface area (Å²) < 4.78 is 10.7. The van der Waals surface area contributed by atoms with Gasteiger partial charge in [0.15, 0.2) is 11.5 Å². The predicted molar refractivity (Wildman–Crippen MR) is 123 cm³/mol. The lowest BCUT2D eigenvalue weighted by atomic mass is 10.1. The van der Waals surface area contributed by atoms with Crippen molar-refractivity contribution >= 4 is 40.5 Å². The molecule has 3 N–H and O–H groups in total. The maximum Gasteiger partial charge on any atom is 0.231 e. The number of nitrogens with zero attached hydrogens (tertiary/aromatic N) is 2. The number of carbonyl (C=O) groups excluding carboxylic acids is 1. The third kappa shape index (κ3) is 4.31. The number of benzene rings is 2. The molecule has 9 heteroatoms. The largest absolute Gasteiger partial charge is 0.454 e. The molecule has 162 valence electrons. The van der Waals surface area contributed by atoms with Gasteiger partial charge in [-0.2, -0.15) is 0 Å². The van der Waals surface area contributed by atoms with Crippen molar-refractivity contribution in [3.8, 4) is 11.5 Å². The van der Waals surface area contributed by atoms with Crippen LogP contribution >= 0.6 is 11.6 Å². The van der Waals surface area contributed by atoms with E-state index in [2.05, 4.69) is 25.9 Å². The van der Waals surface area contributed by atoms with Crippen molar-refractivity contribution in [2.24, 2.45) is 4.99 Å². The summed E-state index contributed by atoms with van der Waals surface area (Å²) in [7, 11) is 0. The van der Waals surface area contributed by atoms with E-state index in [4.69, 9.17) is 21.1 Å². The van der Waals surface area contributed by atoms with Gasteiger partial charge in [0.2, 0.25) is 12.7 Å². The number of halogens is 1. The molecule has 0 unspecified atom stereocenters. The number of aliphatic imine (C=N–C) groups is 1. The number of aromatic nitrogens is 1. The fourth-order valence-corrected chi connectivity index (χ4v) is 3.70. The number of amides is 1. The lowest BCUT2D eigenvalue weighted by Crippen LogP contribution is -2.20. The van der Waals surface area contributed by atoms with Gasteiger partial charge in [0.25, 0.3) is 0 Å². The molecule has 3 aromatic rings.